The number of fused-ring (bicyclic) bond motifs is 1. The lowest BCUT2D eigenvalue weighted by molar-refractivity contribution is 0.0621. The Morgan fingerprint density at radius 1 is 1.52 bits per heavy atom. The molecule has 0 saturated carbocycles. The van der Waals surface area contributed by atoms with E-state index in [4.69, 9.17) is 20.3 Å². The van der Waals surface area contributed by atoms with Crippen molar-refractivity contribution in [1.82, 2.24) is 19.5 Å². The molecule has 2 aromatic rings. The van der Waals surface area contributed by atoms with Gasteiger partial charge in [-0.25, -0.2) is 4.98 Å². The molecule has 0 amide bonds. The van der Waals surface area contributed by atoms with E-state index >= 15 is 0 Å². The van der Waals surface area contributed by atoms with Crippen molar-refractivity contribution in [1.29, 1.82) is 0 Å². The van der Waals surface area contributed by atoms with Crippen molar-refractivity contribution in [2.75, 3.05) is 5.73 Å². The Morgan fingerprint density at radius 3 is 2.95 bits per heavy atom. The highest BCUT2D eigenvalue weighted by atomic mass is 31.2. The Labute approximate surface area is 118 Å². The molecule has 5 N–H and O–H groups in total. The van der Waals surface area contributed by atoms with Gasteiger partial charge in [-0.15, -0.1) is 0 Å². The first-order chi connectivity index (χ1) is 9.84. The molecule has 10 nitrogen and oxygen atoms in total. The molecule has 0 aromatic carbocycles. The third-order valence-corrected chi connectivity index (χ3v) is 4.49. The fraction of sp³-hybridized carbons (Fsp3) is 0.500. The van der Waals surface area contributed by atoms with E-state index < -0.39 is 25.1 Å². The van der Waals surface area contributed by atoms with Crippen molar-refractivity contribution in [3.63, 3.8) is 0 Å². The molecule has 3 rings (SSSR count). The number of aromatic nitrogens is 4. The van der Waals surface area contributed by atoms with Crippen LogP contribution in [0.4, 0.5) is 5.95 Å². The van der Waals surface area contributed by atoms with E-state index in [9.17, 15) is 9.36 Å². The number of nitrogens with two attached hydrogens (primary N) is 1. The molecule has 0 radical (unpaired) electrons. The molecular weight excluding hydrogens is 301 g/mol. The van der Waals surface area contributed by atoms with Crippen LogP contribution in [-0.2, 0) is 15.8 Å². The average molecular weight is 315 g/mol. The van der Waals surface area contributed by atoms with Crippen LogP contribution in [0.25, 0.3) is 11.2 Å². The highest BCUT2D eigenvalue weighted by Crippen LogP contribution is 2.48. The molecule has 0 spiro atoms. The van der Waals surface area contributed by atoms with Gasteiger partial charge in [0.15, 0.2) is 17.0 Å². The van der Waals surface area contributed by atoms with Crippen LogP contribution in [0.1, 0.15) is 12.8 Å². The van der Waals surface area contributed by atoms with E-state index in [2.05, 4.69) is 15.0 Å². The van der Waals surface area contributed by atoms with Crippen LogP contribution in [0.3, 0.4) is 0 Å². The first kappa shape index (κ1) is 14.2. The number of aromatic amines is 1. The number of hydrogen-bond donors (Lipinski definition) is 4. The molecular formula is C10H14N5O5P. The minimum Gasteiger partial charge on any atom is -0.369 e. The molecule has 1 aliphatic rings. The number of imidazole rings is 1. The smallest absolute Gasteiger partial charge is 0.354 e. The van der Waals surface area contributed by atoms with Crippen LogP contribution in [0.15, 0.2) is 11.1 Å². The van der Waals surface area contributed by atoms with Gasteiger partial charge in [0.2, 0.25) is 5.95 Å². The second kappa shape index (κ2) is 4.92. The molecule has 21 heavy (non-hydrogen) atoms. The zero-order valence-electron chi connectivity index (χ0n) is 10.8. The van der Waals surface area contributed by atoms with E-state index in [-0.39, 0.29) is 30.1 Å². The molecule has 1 saturated heterocycles. The maximum absolute atomic E-state index is 11.9. The molecule has 1 fully saturated rings. The molecule has 2 unspecified atom stereocenters. The van der Waals surface area contributed by atoms with Gasteiger partial charge in [-0.2, -0.15) is 4.98 Å². The zero-order chi connectivity index (χ0) is 15.2. The van der Waals surface area contributed by atoms with E-state index in [0.29, 0.717) is 6.42 Å². The Bertz CT molecular complexity index is 780. The summed E-state index contributed by atoms with van der Waals surface area (Å²) in [6, 6.07) is 0. The first-order valence-corrected chi connectivity index (χ1v) is 7.94. The van der Waals surface area contributed by atoms with Gasteiger partial charge in [-0.05, 0) is 12.8 Å². The Hall–Kier alpha value is -1.74. The summed E-state index contributed by atoms with van der Waals surface area (Å²) >= 11 is 0. The second-order valence-electron chi connectivity index (χ2n) is 4.90. The topological polar surface area (TPSA) is 156 Å². The third-order valence-electron chi connectivity index (χ3n) is 3.36. The number of hydrogen-bond acceptors (Lipinski definition) is 6. The summed E-state index contributed by atoms with van der Waals surface area (Å²) in [6.07, 6.45) is 1.82. The summed E-state index contributed by atoms with van der Waals surface area (Å²) in [4.78, 5) is 40.4. The lowest BCUT2D eigenvalue weighted by Crippen LogP contribution is -2.20. The fourth-order valence-corrected chi connectivity index (χ4v) is 3.25. The second-order valence-corrected chi connectivity index (χ2v) is 6.65. The predicted octanol–water partition coefficient (Wildman–Crippen LogP) is -0.615. The van der Waals surface area contributed by atoms with E-state index in [1.54, 1.807) is 4.57 Å². The number of ether oxygens (including phenoxy) is 1. The maximum atomic E-state index is 11.9. The number of H-pyrrole nitrogens is 1. The number of nitrogens with one attached hydrogen (secondary N) is 1. The van der Waals surface area contributed by atoms with E-state index in [1.807, 2.05) is 0 Å². The SMILES string of the molecule is Nc1nc2ncn(CC3CCC(P(=O)(O)O)O3)c2c(=O)[nH]1. The monoisotopic (exact) mass is 315 g/mol. The van der Waals surface area contributed by atoms with Crippen molar-refractivity contribution >= 4 is 24.7 Å². The summed E-state index contributed by atoms with van der Waals surface area (Å²) in [5.74, 6) is -1.10. The summed E-state index contributed by atoms with van der Waals surface area (Å²) in [6.45, 7) is 0.266. The lowest BCUT2D eigenvalue weighted by atomic mass is 10.2. The highest BCUT2D eigenvalue weighted by molar-refractivity contribution is 7.52. The van der Waals surface area contributed by atoms with E-state index in [0.717, 1.165) is 0 Å². The minimum atomic E-state index is -4.25. The lowest BCUT2D eigenvalue weighted by Gasteiger charge is -2.15. The molecule has 0 aliphatic carbocycles. The molecule has 114 valence electrons. The molecule has 1 aliphatic heterocycles. The molecule has 2 aromatic heterocycles. The zero-order valence-corrected chi connectivity index (χ0v) is 11.7. The van der Waals surface area contributed by atoms with Crippen molar-refractivity contribution in [2.24, 2.45) is 0 Å². The van der Waals surface area contributed by atoms with Crippen LogP contribution in [-0.4, -0.2) is 41.3 Å². The maximum Gasteiger partial charge on any atom is 0.354 e. The van der Waals surface area contributed by atoms with Crippen molar-refractivity contribution in [2.45, 2.75) is 31.3 Å². The Morgan fingerprint density at radius 2 is 2.29 bits per heavy atom. The fourth-order valence-electron chi connectivity index (χ4n) is 2.43. The molecule has 2 atom stereocenters. The van der Waals surface area contributed by atoms with Gasteiger partial charge in [-0.3, -0.25) is 14.3 Å². The van der Waals surface area contributed by atoms with Gasteiger partial charge in [0.25, 0.3) is 5.56 Å². The summed E-state index contributed by atoms with van der Waals surface area (Å²) in [5.41, 5.74) is 5.50. The third kappa shape index (κ3) is 2.70. The summed E-state index contributed by atoms with van der Waals surface area (Å²) in [5, 5.41) is 0. The van der Waals surface area contributed by atoms with Crippen LogP contribution >= 0.6 is 7.60 Å². The minimum absolute atomic E-state index is 0.0172. The van der Waals surface area contributed by atoms with Crippen LogP contribution < -0.4 is 11.3 Å². The van der Waals surface area contributed by atoms with Crippen LogP contribution in [0.5, 0.6) is 0 Å². The number of nitrogens with zero attached hydrogens (tertiary/aromatic N) is 3. The standard InChI is InChI=1S/C10H14N5O5P/c11-10-13-8-7(9(16)14-10)15(4-12-8)3-5-1-2-6(20-5)21(17,18)19/h4-6H,1-3H2,(H2,17,18,19)(H3,11,13,14,16). The summed E-state index contributed by atoms with van der Waals surface area (Å²) in [7, 11) is -4.25. The predicted molar refractivity (Wildman–Crippen MR) is 72.5 cm³/mol. The largest absolute Gasteiger partial charge is 0.369 e. The molecule has 11 heteroatoms. The molecule has 0 bridgehead atoms. The van der Waals surface area contributed by atoms with Crippen molar-refractivity contribution in [3.8, 4) is 0 Å². The van der Waals surface area contributed by atoms with Gasteiger partial charge in [-0.1, -0.05) is 0 Å². The Balaban J connectivity index is 1.84. The van der Waals surface area contributed by atoms with Gasteiger partial charge in [0, 0.05) is 0 Å². The number of anilines is 1. The average Bonchev–Trinajstić information content (AvgIpc) is 2.96. The quantitative estimate of drug-likeness (QED) is 0.546. The van der Waals surface area contributed by atoms with Gasteiger partial charge >= 0.3 is 7.60 Å². The number of nitrogen functional groups attached to an aromatic ring is 1. The van der Waals surface area contributed by atoms with Gasteiger partial charge < -0.3 is 24.8 Å². The highest BCUT2D eigenvalue weighted by Gasteiger charge is 2.37. The van der Waals surface area contributed by atoms with Crippen molar-refractivity contribution in [3.05, 3.63) is 16.7 Å². The van der Waals surface area contributed by atoms with Crippen molar-refractivity contribution < 1.29 is 19.1 Å². The normalized spacial score (nSPS) is 23.0. The molecule has 3 heterocycles. The first-order valence-electron chi connectivity index (χ1n) is 6.26. The Kier molecular flexibility index (Phi) is 3.33. The van der Waals surface area contributed by atoms with Gasteiger partial charge in [0.05, 0.1) is 19.0 Å². The summed E-state index contributed by atoms with van der Waals surface area (Å²) < 4.78 is 18.0. The van der Waals surface area contributed by atoms with Gasteiger partial charge in [0.1, 0.15) is 0 Å². The van der Waals surface area contributed by atoms with Crippen LogP contribution in [0.2, 0.25) is 0 Å². The number of rotatable bonds is 3. The van der Waals surface area contributed by atoms with Crippen LogP contribution in [0, 0.1) is 0 Å². The van der Waals surface area contributed by atoms with E-state index in [1.165, 1.54) is 6.33 Å².